The number of hydrogen-bond donors (Lipinski definition) is 1. The van der Waals surface area contributed by atoms with Gasteiger partial charge in [0.15, 0.2) is 0 Å². The van der Waals surface area contributed by atoms with Crippen molar-refractivity contribution in [3.63, 3.8) is 0 Å². The first-order chi connectivity index (χ1) is 10.2. The van der Waals surface area contributed by atoms with Gasteiger partial charge in [-0.25, -0.2) is 4.98 Å². The number of nitrogens with zero attached hydrogens (tertiary/aromatic N) is 1. The Bertz CT molecular complexity index is 738. The summed E-state index contributed by atoms with van der Waals surface area (Å²) in [4.78, 5) is 4.69. The molecular formula is C17H15BrN2S. The molecule has 0 saturated carbocycles. The lowest BCUT2D eigenvalue weighted by Crippen LogP contribution is -2.00. The summed E-state index contributed by atoms with van der Waals surface area (Å²) in [6, 6.07) is 16.6. The first-order valence-electron chi connectivity index (χ1n) is 6.72. The highest BCUT2D eigenvalue weighted by Crippen LogP contribution is 2.25. The van der Waals surface area contributed by atoms with Crippen molar-refractivity contribution >= 4 is 33.0 Å². The molecule has 0 atom stereocenters. The average molecular weight is 359 g/mol. The van der Waals surface area contributed by atoms with E-state index in [9.17, 15) is 0 Å². The summed E-state index contributed by atoms with van der Waals surface area (Å²) < 4.78 is 1.08. The Morgan fingerprint density at radius 3 is 2.76 bits per heavy atom. The molecule has 1 aromatic heterocycles. The molecular weight excluding hydrogens is 344 g/mol. The van der Waals surface area contributed by atoms with Crippen LogP contribution in [0.4, 0.5) is 5.69 Å². The van der Waals surface area contributed by atoms with Crippen LogP contribution < -0.4 is 5.32 Å². The molecule has 3 rings (SSSR count). The van der Waals surface area contributed by atoms with Gasteiger partial charge in [0.1, 0.15) is 5.01 Å². The van der Waals surface area contributed by atoms with Crippen molar-refractivity contribution in [2.24, 2.45) is 0 Å². The largest absolute Gasteiger partial charge is 0.378 e. The van der Waals surface area contributed by atoms with E-state index in [0.29, 0.717) is 0 Å². The lowest BCUT2D eigenvalue weighted by atomic mass is 10.2. The monoisotopic (exact) mass is 358 g/mol. The standard InChI is InChI=1S/C17H15BrN2S/c1-12-7-8-14(18)15(9-12)19-10-17-20-16(11-21-17)13-5-3-2-4-6-13/h2-9,11,19H,10H2,1H3. The summed E-state index contributed by atoms with van der Waals surface area (Å²) in [6.07, 6.45) is 0. The van der Waals surface area contributed by atoms with E-state index in [1.54, 1.807) is 11.3 Å². The van der Waals surface area contributed by atoms with Crippen molar-refractivity contribution in [3.8, 4) is 11.3 Å². The SMILES string of the molecule is Cc1ccc(Br)c(NCc2nc(-c3ccccc3)cs2)c1. The minimum Gasteiger partial charge on any atom is -0.378 e. The van der Waals surface area contributed by atoms with Crippen molar-refractivity contribution in [2.75, 3.05) is 5.32 Å². The third kappa shape index (κ3) is 3.52. The summed E-state index contributed by atoms with van der Waals surface area (Å²) in [5, 5.41) is 6.63. The van der Waals surface area contributed by atoms with Crippen molar-refractivity contribution in [2.45, 2.75) is 13.5 Å². The number of halogens is 1. The van der Waals surface area contributed by atoms with E-state index in [2.05, 4.69) is 68.9 Å². The second-order valence-electron chi connectivity index (χ2n) is 4.83. The van der Waals surface area contributed by atoms with Crippen molar-refractivity contribution < 1.29 is 0 Å². The summed E-state index contributed by atoms with van der Waals surface area (Å²) in [5.74, 6) is 0. The predicted molar refractivity (Wildman–Crippen MR) is 93.8 cm³/mol. The molecule has 0 saturated heterocycles. The first-order valence-corrected chi connectivity index (χ1v) is 8.39. The van der Waals surface area contributed by atoms with Crippen LogP contribution in [0.25, 0.3) is 11.3 Å². The molecule has 21 heavy (non-hydrogen) atoms. The van der Waals surface area contributed by atoms with Crippen LogP contribution in [0, 0.1) is 6.92 Å². The Kier molecular flexibility index (Phi) is 4.36. The fraction of sp³-hybridized carbons (Fsp3) is 0.118. The molecule has 0 unspecified atom stereocenters. The normalized spacial score (nSPS) is 10.6. The Morgan fingerprint density at radius 1 is 1.14 bits per heavy atom. The van der Waals surface area contributed by atoms with E-state index in [1.807, 2.05) is 18.2 Å². The maximum atomic E-state index is 4.69. The second kappa shape index (κ2) is 6.41. The number of thiazole rings is 1. The number of aryl methyl sites for hydroxylation is 1. The van der Waals surface area contributed by atoms with Gasteiger partial charge in [0.25, 0.3) is 0 Å². The number of nitrogens with one attached hydrogen (secondary N) is 1. The van der Waals surface area contributed by atoms with Crippen LogP contribution in [0.15, 0.2) is 58.4 Å². The lowest BCUT2D eigenvalue weighted by Gasteiger charge is -2.07. The van der Waals surface area contributed by atoms with Gasteiger partial charge in [0, 0.05) is 21.1 Å². The molecule has 4 heteroatoms. The van der Waals surface area contributed by atoms with Crippen LogP contribution in [0.2, 0.25) is 0 Å². The van der Waals surface area contributed by atoms with Gasteiger partial charge in [-0.15, -0.1) is 11.3 Å². The number of rotatable bonds is 4. The van der Waals surface area contributed by atoms with Crippen molar-refractivity contribution in [3.05, 3.63) is 69.0 Å². The fourth-order valence-electron chi connectivity index (χ4n) is 2.08. The molecule has 3 aromatic rings. The molecule has 0 amide bonds. The quantitative estimate of drug-likeness (QED) is 0.666. The van der Waals surface area contributed by atoms with E-state index in [0.717, 1.165) is 33.0 Å². The van der Waals surface area contributed by atoms with Gasteiger partial charge in [0.2, 0.25) is 0 Å². The van der Waals surface area contributed by atoms with E-state index in [-0.39, 0.29) is 0 Å². The van der Waals surface area contributed by atoms with Gasteiger partial charge in [0.05, 0.1) is 12.2 Å². The fourth-order valence-corrected chi connectivity index (χ4v) is 3.21. The maximum absolute atomic E-state index is 4.69. The van der Waals surface area contributed by atoms with Crippen LogP contribution in [-0.4, -0.2) is 4.98 Å². The van der Waals surface area contributed by atoms with Crippen molar-refractivity contribution in [1.82, 2.24) is 4.98 Å². The highest BCUT2D eigenvalue weighted by atomic mass is 79.9. The molecule has 0 bridgehead atoms. The number of hydrogen-bond acceptors (Lipinski definition) is 3. The van der Waals surface area contributed by atoms with E-state index < -0.39 is 0 Å². The zero-order valence-electron chi connectivity index (χ0n) is 11.6. The molecule has 0 aliphatic carbocycles. The Hall–Kier alpha value is -1.65. The zero-order valence-corrected chi connectivity index (χ0v) is 14.0. The van der Waals surface area contributed by atoms with Gasteiger partial charge in [-0.1, -0.05) is 36.4 Å². The predicted octanol–water partition coefficient (Wildman–Crippen LogP) is 5.49. The lowest BCUT2D eigenvalue weighted by molar-refractivity contribution is 1.10. The zero-order chi connectivity index (χ0) is 14.7. The minimum atomic E-state index is 0.736. The van der Waals surface area contributed by atoms with Gasteiger partial charge in [-0.05, 0) is 40.5 Å². The molecule has 0 radical (unpaired) electrons. The molecule has 0 aliphatic heterocycles. The minimum absolute atomic E-state index is 0.736. The van der Waals surface area contributed by atoms with Crippen molar-refractivity contribution in [1.29, 1.82) is 0 Å². The smallest absolute Gasteiger partial charge is 0.112 e. The summed E-state index contributed by atoms with van der Waals surface area (Å²) in [5.41, 5.74) is 4.55. The Labute approximate surface area is 137 Å². The maximum Gasteiger partial charge on any atom is 0.112 e. The first kappa shape index (κ1) is 14.3. The van der Waals surface area contributed by atoms with Gasteiger partial charge in [-0.2, -0.15) is 0 Å². The molecule has 1 heterocycles. The molecule has 0 fully saturated rings. The number of benzene rings is 2. The second-order valence-corrected chi connectivity index (χ2v) is 6.63. The third-order valence-corrected chi connectivity index (χ3v) is 4.71. The Balaban J connectivity index is 1.72. The van der Waals surface area contributed by atoms with Gasteiger partial charge >= 0.3 is 0 Å². The summed E-state index contributed by atoms with van der Waals surface area (Å²) in [7, 11) is 0. The molecule has 2 aromatic carbocycles. The highest BCUT2D eigenvalue weighted by Gasteiger charge is 2.05. The third-order valence-electron chi connectivity index (χ3n) is 3.17. The van der Waals surface area contributed by atoms with Crippen LogP contribution in [0.3, 0.4) is 0 Å². The average Bonchev–Trinajstić information content (AvgIpc) is 2.98. The summed E-state index contributed by atoms with van der Waals surface area (Å²) >= 11 is 5.25. The van der Waals surface area contributed by atoms with Crippen LogP contribution in [0.1, 0.15) is 10.6 Å². The number of aromatic nitrogens is 1. The highest BCUT2D eigenvalue weighted by molar-refractivity contribution is 9.10. The van der Waals surface area contributed by atoms with E-state index in [4.69, 9.17) is 0 Å². The number of anilines is 1. The van der Waals surface area contributed by atoms with Crippen LogP contribution >= 0.6 is 27.3 Å². The molecule has 2 nitrogen and oxygen atoms in total. The van der Waals surface area contributed by atoms with Gasteiger partial charge < -0.3 is 5.32 Å². The molecule has 106 valence electrons. The molecule has 0 spiro atoms. The van der Waals surface area contributed by atoms with E-state index in [1.165, 1.54) is 5.56 Å². The molecule has 1 N–H and O–H groups in total. The topological polar surface area (TPSA) is 24.9 Å². The molecule has 0 aliphatic rings. The van der Waals surface area contributed by atoms with Crippen LogP contribution in [-0.2, 0) is 6.54 Å². The van der Waals surface area contributed by atoms with Gasteiger partial charge in [-0.3, -0.25) is 0 Å². The van der Waals surface area contributed by atoms with E-state index >= 15 is 0 Å². The van der Waals surface area contributed by atoms with Crippen LogP contribution in [0.5, 0.6) is 0 Å². The summed E-state index contributed by atoms with van der Waals surface area (Å²) in [6.45, 7) is 2.83. The Morgan fingerprint density at radius 2 is 1.95 bits per heavy atom.